The first kappa shape index (κ1) is 57.3. The SMILES string of the molecule is CC/C=C\C[C@@H](O)/C=C/C=C\C/C=C\C=C\[C@@H](O)/C=C\CCCC(=O)OC[C@H](COP(=O)(O)OCCN)OC(=O)CCCCC/C=C\C/C=C\C/C=C\C/C=C\CCCCC. The van der Waals surface area contributed by atoms with Gasteiger partial charge in [-0.25, -0.2) is 4.57 Å². The highest BCUT2D eigenvalue weighted by Crippen LogP contribution is 2.43. The van der Waals surface area contributed by atoms with E-state index in [0.29, 0.717) is 32.1 Å². The fourth-order valence-corrected chi connectivity index (χ4v) is 5.94. The molecule has 0 aliphatic heterocycles. The molecule has 0 fully saturated rings. The van der Waals surface area contributed by atoms with Crippen molar-refractivity contribution in [2.24, 2.45) is 5.73 Å². The number of rotatable bonds is 39. The smallest absolute Gasteiger partial charge is 0.462 e. The van der Waals surface area contributed by atoms with Crippen molar-refractivity contribution >= 4 is 19.8 Å². The number of aliphatic hydroxyl groups excluding tert-OH is 2. The Hall–Kier alpha value is -3.67. The van der Waals surface area contributed by atoms with Gasteiger partial charge in [0.2, 0.25) is 0 Å². The number of phosphoric acid groups is 1. The van der Waals surface area contributed by atoms with Crippen LogP contribution in [0.4, 0.5) is 0 Å². The number of aliphatic hydroxyl groups is 2. The summed E-state index contributed by atoms with van der Waals surface area (Å²) in [6, 6.07) is 0. The summed E-state index contributed by atoms with van der Waals surface area (Å²) in [6.07, 6.45) is 51.6. The molecule has 5 N–H and O–H groups in total. The predicted octanol–water partition coefficient (Wildman–Crippen LogP) is 10.9. The summed E-state index contributed by atoms with van der Waals surface area (Å²) in [4.78, 5) is 34.9. The number of hydrogen-bond donors (Lipinski definition) is 4. The van der Waals surface area contributed by atoms with Gasteiger partial charge in [0, 0.05) is 19.4 Å². The van der Waals surface area contributed by atoms with Gasteiger partial charge >= 0.3 is 19.8 Å². The molecule has 0 aromatic heterocycles. The molecule has 4 atom stereocenters. The first-order chi connectivity index (χ1) is 29.6. The Labute approximate surface area is 367 Å². The largest absolute Gasteiger partial charge is 0.472 e. The normalized spacial score (nSPS) is 15.4. The first-order valence-electron chi connectivity index (χ1n) is 22.2. The summed E-state index contributed by atoms with van der Waals surface area (Å²) in [5.41, 5.74) is 5.33. The molecule has 61 heavy (non-hydrogen) atoms. The third-order valence-corrected chi connectivity index (χ3v) is 9.49. The number of esters is 2. The second kappa shape index (κ2) is 43.0. The molecule has 0 aliphatic rings. The van der Waals surface area contributed by atoms with Gasteiger partial charge in [-0.3, -0.25) is 18.6 Å². The van der Waals surface area contributed by atoms with Gasteiger partial charge in [-0.2, -0.15) is 0 Å². The molecule has 0 spiro atoms. The molecular weight excluding hydrogens is 794 g/mol. The number of carbonyl (C=O) groups is 2. The van der Waals surface area contributed by atoms with Gasteiger partial charge < -0.3 is 30.3 Å². The summed E-state index contributed by atoms with van der Waals surface area (Å²) in [5, 5.41) is 20.0. The van der Waals surface area contributed by atoms with Crippen molar-refractivity contribution in [2.75, 3.05) is 26.4 Å². The van der Waals surface area contributed by atoms with E-state index in [0.717, 1.165) is 44.9 Å². The van der Waals surface area contributed by atoms with Gasteiger partial charge in [-0.05, 0) is 83.5 Å². The topological polar surface area (TPSA) is 175 Å². The van der Waals surface area contributed by atoms with E-state index in [2.05, 4.69) is 62.5 Å². The van der Waals surface area contributed by atoms with Crippen LogP contribution in [0.25, 0.3) is 0 Å². The first-order valence-corrected chi connectivity index (χ1v) is 23.7. The Morgan fingerprint density at radius 2 is 1.20 bits per heavy atom. The molecule has 344 valence electrons. The van der Waals surface area contributed by atoms with E-state index in [9.17, 15) is 29.3 Å². The monoisotopic (exact) mass is 872 g/mol. The average molecular weight is 872 g/mol. The quantitative estimate of drug-likeness (QED) is 0.0152. The molecule has 12 heteroatoms. The maximum atomic E-state index is 12.6. The van der Waals surface area contributed by atoms with Crippen molar-refractivity contribution in [1.29, 1.82) is 0 Å². The molecule has 0 rings (SSSR count). The van der Waals surface area contributed by atoms with Crippen LogP contribution in [0.5, 0.6) is 0 Å². The molecule has 11 nitrogen and oxygen atoms in total. The Balaban J connectivity index is 4.48. The van der Waals surface area contributed by atoms with Crippen LogP contribution in [0.15, 0.2) is 122 Å². The molecule has 0 heterocycles. The Morgan fingerprint density at radius 3 is 1.84 bits per heavy atom. The lowest BCUT2D eigenvalue weighted by atomic mass is 10.1. The maximum Gasteiger partial charge on any atom is 0.472 e. The Morgan fingerprint density at radius 1 is 0.607 bits per heavy atom. The third-order valence-electron chi connectivity index (χ3n) is 8.51. The van der Waals surface area contributed by atoms with Crippen LogP contribution < -0.4 is 5.73 Å². The van der Waals surface area contributed by atoms with Crippen LogP contribution in [0.2, 0.25) is 0 Å². The van der Waals surface area contributed by atoms with Gasteiger partial charge in [0.15, 0.2) is 6.10 Å². The van der Waals surface area contributed by atoms with E-state index in [1.807, 2.05) is 42.5 Å². The average Bonchev–Trinajstić information content (AvgIpc) is 3.24. The van der Waals surface area contributed by atoms with Gasteiger partial charge in [0.25, 0.3) is 0 Å². The number of carbonyl (C=O) groups excluding carboxylic acids is 2. The molecule has 0 aromatic carbocycles. The number of ether oxygens (including phenoxy) is 2. The Kier molecular flexibility index (Phi) is 40.4. The molecule has 0 aromatic rings. The minimum Gasteiger partial charge on any atom is -0.462 e. The molecule has 0 amide bonds. The van der Waals surface area contributed by atoms with Crippen molar-refractivity contribution in [3.63, 3.8) is 0 Å². The van der Waals surface area contributed by atoms with Crippen LogP contribution in [0, 0.1) is 0 Å². The number of nitrogens with two attached hydrogens (primary N) is 1. The van der Waals surface area contributed by atoms with Crippen molar-refractivity contribution in [3.8, 4) is 0 Å². The van der Waals surface area contributed by atoms with Crippen LogP contribution >= 0.6 is 7.82 Å². The van der Waals surface area contributed by atoms with E-state index < -0.39 is 44.7 Å². The zero-order chi connectivity index (χ0) is 44.9. The van der Waals surface area contributed by atoms with Crippen LogP contribution in [-0.2, 0) is 32.7 Å². The summed E-state index contributed by atoms with van der Waals surface area (Å²) in [6.45, 7) is 3.22. The van der Waals surface area contributed by atoms with E-state index >= 15 is 0 Å². The van der Waals surface area contributed by atoms with Crippen molar-refractivity contribution < 1.29 is 47.8 Å². The van der Waals surface area contributed by atoms with E-state index in [4.69, 9.17) is 24.3 Å². The van der Waals surface area contributed by atoms with Crippen LogP contribution in [0.1, 0.15) is 129 Å². The number of allylic oxidation sites excluding steroid dienone is 16. The lowest BCUT2D eigenvalue weighted by molar-refractivity contribution is -0.161. The standard InChI is InChI=1S/C49H78NO10P/c1-3-5-7-8-9-10-11-12-13-14-15-16-17-18-19-20-24-27-33-40-49(54)60-47(44-59-61(55,56)58-42-41-50)43-57-48(53)39-34-28-32-38-46(52)37-31-26-23-21-22-25-30-36-45(51)35-29-6-4-2/h6,9-10,12-13,15-16,18-19,22-23,25-26,29-32,36-38,45-47,51-52H,3-5,7-8,11,14,17,20-21,24,27-28,33-35,39-44,50H2,1-2H3,(H,55,56)/b10-9-,13-12-,16-15-,19-18-,25-22-,26-23-,29-6-,36-30+,37-31+,38-32-/t45-,46-,47-/m1/s1. The molecular formula is C49H78NO10P. The number of phosphoric ester groups is 1. The molecule has 1 unspecified atom stereocenters. The molecule has 0 aliphatic carbocycles. The highest BCUT2D eigenvalue weighted by molar-refractivity contribution is 7.47. The van der Waals surface area contributed by atoms with Crippen molar-refractivity contribution in [2.45, 2.75) is 148 Å². The predicted molar refractivity (Wildman–Crippen MR) is 249 cm³/mol. The minimum absolute atomic E-state index is 0.0110. The number of unbranched alkanes of at least 4 members (excludes halogenated alkanes) is 7. The summed E-state index contributed by atoms with van der Waals surface area (Å²) < 4.78 is 32.6. The fraction of sp³-hybridized carbons (Fsp3) is 0.551. The third kappa shape index (κ3) is 42.8. The summed E-state index contributed by atoms with van der Waals surface area (Å²) in [5.74, 6) is -1.06. The van der Waals surface area contributed by atoms with Crippen molar-refractivity contribution in [3.05, 3.63) is 122 Å². The molecule has 0 bridgehead atoms. The second-order valence-corrected chi connectivity index (χ2v) is 15.7. The molecule has 0 saturated carbocycles. The molecule has 0 radical (unpaired) electrons. The van der Waals surface area contributed by atoms with E-state index in [1.54, 1.807) is 30.4 Å². The zero-order valence-corrected chi connectivity index (χ0v) is 38.0. The van der Waals surface area contributed by atoms with Gasteiger partial charge in [-0.1, -0.05) is 155 Å². The maximum absolute atomic E-state index is 12.6. The molecule has 0 saturated heterocycles. The number of hydrogen-bond acceptors (Lipinski definition) is 10. The highest BCUT2D eigenvalue weighted by atomic mass is 31.2. The van der Waals surface area contributed by atoms with E-state index in [1.165, 1.54) is 25.7 Å². The Bertz CT molecular complexity index is 1440. The highest BCUT2D eigenvalue weighted by Gasteiger charge is 2.26. The van der Waals surface area contributed by atoms with Crippen LogP contribution in [-0.4, -0.2) is 71.7 Å². The van der Waals surface area contributed by atoms with Gasteiger partial charge in [-0.15, -0.1) is 0 Å². The second-order valence-electron chi connectivity index (χ2n) is 14.2. The lowest BCUT2D eigenvalue weighted by Gasteiger charge is -2.19. The fourth-order valence-electron chi connectivity index (χ4n) is 5.18. The van der Waals surface area contributed by atoms with Crippen LogP contribution in [0.3, 0.4) is 0 Å². The lowest BCUT2D eigenvalue weighted by Crippen LogP contribution is -2.29. The van der Waals surface area contributed by atoms with E-state index in [-0.39, 0.29) is 32.6 Å². The summed E-state index contributed by atoms with van der Waals surface area (Å²) in [7, 11) is -4.45. The summed E-state index contributed by atoms with van der Waals surface area (Å²) >= 11 is 0. The van der Waals surface area contributed by atoms with Crippen molar-refractivity contribution in [1.82, 2.24) is 0 Å². The minimum atomic E-state index is -4.45. The van der Waals surface area contributed by atoms with Gasteiger partial charge in [0.05, 0.1) is 25.4 Å². The zero-order valence-electron chi connectivity index (χ0n) is 37.1. The van der Waals surface area contributed by atoms with Gasteiger partial charge in [0.1, 0.15) is 6.61 Å².